The quantitative estimate of drug-likeness (QED) is 0.603. The molecule has 1 atom stereocenters. The fourth-order valence-electron chi connectivity index (χ4n) is 3.96. The number of aromatic nitrogens is 1. The highest BCUT2D eigenvalue weighted by Crippen LogP contribution is 2.35. The number of amides is 2. The van der Waals surface area contributed by atoms with E-state index >= 15 is 0 Å². The average Bonchev–Trinajstić information content (AvgIpc) is 3.28. The number of carbonyl (C=O) groups is 2. The second kappa shape index (κ2) is 7.55. The van der Waals surface area contributed by atoms with Crippen LogP contribution in [0.4, 0.5) is 11.4 Å². The molecule has 0 bridgehead atoms. The Balaban J connectivity index is 1.32. The number of thioether (sulfide) groups is 1. The SMILES string of the molecule is O=C1C[C@@H](Sc2nc3ccccc3o2)C(=O)N1c1ccc(N2CCCCC2)cc1. The molecule has 2 aliphatic heterocycles. The summed E-state index contributed by atoms with van der Waals surface area (Å²) in [5.74, 6) is -0.401. The molecule has 2 aromatic carbocycles. The molecule has 3 aromatic rings. The van der Waals surface area contributed by atoms with Gasteiger partial charge in [-0.15, -0.1) is 0 Å². The molecular formula is C22H21N3O3S. The van der Waals surface area contributed by atoms with Gasteiger partial charge in [0.05, 0.1) is 5.69 Å². The number of nitrogens with zero attached hydrogens (tertiary/aromatic N) is 3. The number of oxazole rings is 1. The standard InChI is InChI=1S/C22H21N3O3S/c26-20-14-19(29-22-23-17-6-2-3-7-18(17)28-22)21(27)25(20)16-10-8-15(9-11-16)24-12-4-1-5-13-24/h2-3,6-11,19H,1,4-5,12-14H2/t19-/m1/s1. The van der Waals surface area contributed by atoms with Gasteiger partial charge in [0.1, 0.15) is 10.8 Å². The zero-order chi connectivity index (χ0) is 19.8. The van der Waals surface area contributed by atoms with Crippen LogP contribution in [0.3, 0.4) is 0 Å². The van der Waals surface area contributed by atoms with E-state index in [9.17, 15) is 9.59 Å². The summed E-state index contributed by atoms with van der Waals surface area (Å²) in [6, 6.07) is 15.2. The highest BCUT2D eigenvalue weighted by atomic mass is 32.2. The summed E-state index contributed by atoms with van der Waals surface area (Å²) < 4.78 is 5.70. The van der Waals surface area contributed by atoms with E-state index in [0.717, 1.165) is 24.3 Å². The van der Waals surface area contributed by atoms with Crippen molar-refractivity contribution in [2.45, 2.75) is 36.2 Å². The molecule has 0 radical (unpaired) electrons. The number of piperidine rings is 1. The summed E-state index contributed by atoms with van der Waals surface area (Å²) in [7, 11) is 0. The first-order valence-electron chi connectivity index (χ1n) is 9.93. The van der Waals surface area contributed by atoms with Crippen LogP contribution in [-0.4, -0.2) is 35.1 Å². The van der Waals surface area contributed by atoms with Crippen molar-refractivity contribution in [2.24, 2.45) is 0 Å². The lowest BCUT2D eigenvalue weighted by atomic mass is 10.1. The van der Waals surface area contributed by atoms with Gasteiger partial charge in [0.2, 0.25) is 11.8 Å². The van der Waals surface area contributed by atoms with Crippen molar-refractivity contribution in [1.82, 2.24) is 4.98 Å². The monoisotopic (exact) mass is 407 g/mol. The fraction of sp³-hybridized carbons (Fsp3) is 0.318. The second-order valence-electron chi connectivity index (χ2n) is 7.39. The van der Waals surface area contributed by atoms with Crippen molar-refractivity contribution in [3.8, 4) is 0 Å². The van der Waals surface area contributed by atoms with Gasteiger partial charge >= 0.3 is 0 Å². The Hall–Kier alpha value is -2.80. The Morgan fingerprint density at radius 2 is 1.66 bits per heavy atom. The minimum Gasteiger partial charge on any atom is -0.431 e. The molecule has 2 saturated heterocycles. The Morgan fingerprint density at radius 3 is 2.41 bits per heavy atom. The molecule has 5 rings (SSSR count). The van der Waals surface area contributed by atoms with Gasteiger partial charge in [-0.25, -0.2) is 9.88 Å². The van der Waals surface area contributed by atoms with E-state index < -0.39 is 5.25 Å². The summed E-state index contributed by atoms with van der Waals surface area (Å²) in [6.07, 6.45) is 3.85. The minimum absolute atomic E-state index is 0.149. The summed E-state index contributed by atoms with van der Waals surface area (Å²) in [5, 5.41) is -0.100. The minimum atomic E-state index is -0.516. The first kappa shape index (κ1) is 18.2. The number of fused-ring (bicyclic) bond motifs is 1. The van der Waals surface area contributed by atoms with Gasteiger partial charge in [-0.05, 0) is 55.7 Å². The maximum Gasteiger partial charge on any atom is 0.257 e. The fourth-order valence-corrected chi connectivity index (χ4v) is 4.92. The number of benzene rings is 2. The number of rotatable bonds is 4. The highest BCUT2D eigenvalue weighted by Gasteiger charge is 2.41. The van der Waals surface area contributed by atoms with E-state index in [1.165, 1.54) is 35.9 Å². The molecule has 2 aliphatic rings. The third-order valence-electron chi connectivity index (χ3n) is 5.45. The van der Waals surface area contributed by atoms with Crippen LogP contribution in [0.5, 0.6) is 0 Å². The van der Waals surface area contributed by atoms with E-state index in [0.29, 0.717) is 16.5 Å². The zero-order valence-corrected chi connectivity index (χ0v) is 16.7. The van der Waals surface area contributed by atoms with Crippen molar-refractivity contribution < 1.29 is 14.0 Å². The van der Waals surface area contributed by atoms with Gasteiger partial charge in [0, 0.05) is 25.2 Å². The van der Waals surface area contributed by atoms with Gasteiger partial charge in [-0.2, -0.15) is 0 Å². The predicted octanol–water partition coefficient (Wildman–Crippen LogP) is 4.24. The van der Waals surface area contributed by atoms with Crippen molar-refractivity contribution >= 4 is 46.1 Å². The summed E-state index contributed by atoms with van der Waals surface area (Å²) in [6.45, 7) is 2.12. The largest absolute Gasteiger partial charge is 0.431 e. The lowest BCUT2D eigenvalue weighted by Gasteiger charge is -2.29. The Kier molecular flexibility index (Phi) is 4.75. The van der Waals surface area contributed by atoms with Gasteiger partial charge < -0.3 is 9.32 Å². The molecule has 0 unspecified atom stereocenters. The number of hydrogen-bond donors (Lipinski definition) is 0. The molecule has 1 aromatic heterocycles. The molecule has 2 fully saturated rings. The molecule has 7 heteroatoms. The molecule has 0 saturated carbocycles. The van der Waals surface area contributed by atoms with Crippen molar-refractivity contribution in [3.63, 3.8) is 0 Å². The van der Waals surface area contributed by atoms with Gasteiger partial charge in [0.25, 0.3) is 5.22 Å². The molecule has 6 nitrogen and oxygen atoms in total. The second-order valence-corrected chi connectivity index (χ2v) is 8.54. The number of carbonyl (C=O) groups excluding carboxylic acids is 2. The number of imide groups is 1. The van der Waals surface area contributed by atoms with Crippen LogP contribution in [0.15, 0.2) is 58.2 Å². The van der Waals surface area contributed by atoms with E-state index in [2.05, 4.69) is 9.88 Å². The van der Waals surface area contributed by atoms with Crippen LogP contribution >= 0.6 is 11.8 Å². The van der Waals surface area contributed by atoms with Crippen molar-refractivity contribution in [1.29, 1.82) is 0 Å². The lowest BCUT2D eigenvalue weighted by molar-refractivity contribution is -0.121. The molecule has 148 valence electrons. The van der Waals surface area contributed by atoms with Gasteiger partial charge in [0.15, 0.2) is 5.58 Å². The molecule has 0 N–H and O–H groups in total. The third-order valence-corrected chi connectivity index (χ3v) is 6.48. The van der Waals surface area contributed by atoms with Gasteiger partial charge in [-0.3, -0.25) is 9.59 Å². The summed E-state index contributed by atoms with van der Waals surface area (Å²) in [5.41, 5.74) is 3.19. The number of hydrogen-bond acceptors (Lipinski definition) is 6. The number of para-hydroxylation sites is 2. The Morgan fingerprint density at radius 1 is 0.931 bits per heavy atom. The number of anilines is 2. The molecule has 0 aliphatic carbocycles. The van der Waals surface area contributed by atoms with Gasteiger partial charge in [-0.1, -0.05) is 23.9 Å². The Bertz CT molecular complexity index is 1020. The van der Waals surface area contributed by atoms with E-state index in [1.54, 1.807) is 0 Å². The maximum atomic E-state index is 12.9. The summed E-state index contributed by atoms with van der Waals surface area (Å²) in [4.78, 5) is 33.6. The van der Waals surface area contributed by atoms with E-state index in [4.69, 9.17) is 4.42 Å². The van der Waals surface area contributed by atoms with Crippen LogP contribution in [0, 0.1) is 0 Å². The van der Waals surface area contributed by atoms with Crippen LogP contribution in [-0.2, 0) is 9.59 Å². The Labute approximate surface area is 172 Å². The summed E-state index contributed by atoms with van der Waals surface area (Å²) >= 11 is 1.22. The average molecular weight is 407 g/mol. The maximum absolute atomic E-state index is 12.9. The van der Waals surface area contributed by atoms with E-state index in [1.807, 2.05) is 48.5 Å². The smallest absolute Gasteiger partial charge is 0.257 e. The third kappa shape index (κ3) is 3.51. The molecular weight excluding hydrogens is 386 g/mol. The van der Waals surface area contributed by atoms with Crippen LogP contribution in [0.1, 0.15) is 25.7 Å². The molecule has 3 heterocycles. The topological polar surface area (TPSA) is 66.7 Å². The van der Waals surface area contributed by atoms with Crippen LogP contribution in [0.2, 0.25) is 0 Å². The predicted molar refractivity (Wildman–Crippen MR) is 113 cm³/mol. The highest BCUT2D eigenvalue weighted by molar-refractivity contribution is 8.00. The van der Waals surface area contributed by atoms with Crippen molar-refractivity contribution in [3.05, 3.63) is 48.5 Å². The first-order valence-corrected chi connectivity index (χ1v) is 10.8. The molecule has 0 spiro atoms. The molecule has 29 heavy (non-hydrogen) atoms. The van der Waals surface area contributed by atoms with E-state index in [-0.39, 0.29) is 18.2 Å². The van der Waals surface area contributed by atoms with Crippen molar-refractivity contribution in [2.75, 3.05) is 22.9 Å². The van der Waals surface area contributed by atoms with Crippen LogP contribution < -0.4 is 9.80 Å². The first-order chi connectivity index (χ1) is 14.2. The lowest BCUT2D eigenvalue weighted by Crippen LogP contribution is -2.31. The molecule has 2 amide bonds. The normalized spacial score (nSPS) is 20.1. The zero-order valence-electron chi connectivity index (χ0n) is 15.9. The van der Waals surface area contributed by atoms with Crippen LogP contribution in [0.25, 0.3) is 11.1 Å².